The van der Waals surface area contributed by atoms with Crippen LogP contribution in [0.25, 0.3) is 0 Å². The first-order valence-electron chi connectivity index (χ1n) is 7.28. The van der Waals surface area contributed by atoms with Crippen molar-refractivity contribution in [3.63, 3.8) is 0 Å². The Kier molecular flexibility index (Phi) is 5.46. The maximum Gasteiger partial charge on any atom is 0.317 e. The molecule has 1 heterocycles. The molecule has 0 aliphatic carbocycles. The van der Waals surface area contributed by atoms with Gasteiger partial charge in [-0.25, -0.2) is 13.2 Å². The van der Waals surface area contributed by atoms with Gasteiger partial charge in [-0.2, -0.15) is 0 Å². The Morgan fingerprint density at radius 1 is 1.20 bits per heavy atom. The Balaban J connectivity index is 2.45. The third-order valence-corrected chi connectivity index (χ3v) is 6.34. The van der Waals surface area contributed by atoms with E-state index in [1.165, 1.54) is 0 Å². The summed E-state index contributed by atoms with van der Waals surface area (Å²) in [5.41, 5.74) is 0. The van der Waals surface area contributed by atoms with Crippen LogP contribution >= 0.6 is 0 Å². The van der Waals surface area contributed by atoms with E-state index in [0.29, 0.717) is 11.8 Å². The van der Waals surface area contributed by atoms with Crippen molar-refractivity contribution in [1.29, 1.82) is 0 Å². The Morgan fingerprint density at radius 3 is 2.15 bits per heavy atom. The number of rotatable bonds is 3. The summed E-state index contributed by atoms with van der Waals surface area (Å²) in [6.07, 6.45) is 1.14. The number of carbonyl (C=O) groups excluding carboxylic acids is 1. The van der Waals surface area contributed by atoms with E-state index in [1.54, 1.807) is 25.7 Å². The van der Waals surface area contributed by atoms with Crippen molar-refractivity contribution in [3.05, 3.63) is 0 Å². The summed E-state index contributed by atoms with van der Waals surface area (Å²) in [7, 11) is -3.18. The van der Waals surface area contributed by atoms with E-state index < -0.39 is 14.6 Å². The molecule has 0 aromatic carbocycles. The van der Waals surface area contributed by atoms with Crippen LogP contribution in [0.3, 0.4) is 0 Å². The highest BCUT2D eigenvalue weighted by Gasteiger charge is 2.29. The first-order chi connectivity index (χ1) is 9.03. The van der Waals surface area contributed by atoms with Gasteiger partial charge in [0.25, 0.3) is 0 Å². The highest BCUT2D eigenvalue weighted by molar-refractivity contribution is 7.92. The van der Waals surface area contributed by atoms with Gasteiger partial charge in [0.1, 0.15) is 0 Å². The lowest BCUT2D eigenvalue weighted by Crippen LogP contribution is -2.48. The predicted octanol–water partition coefficient (Wildman–Crippen LogP) is 1.89. The summed E-state index contributed by atoms with van der Waals surface area (Å²) in [5, 5.41) is 2.73. The monoisotopic (exact) mass is 304 g/mol. The van der Waals surface area contributed by atoms with Gasteiger partial charge in [0.2, 0.25) is 0 Å². The summed E-state index contributed by atoms with van der Waals surface area (Å²) < 4.78 is 23.1. The SMILES string of the molecule is C[C@@H]1C[C@@H](C)CN(C(=O)NCCS(=O)(=O)C(C)(C)C)C1. The van der Waals surface area contributed by atoms with Crippen molar-refractivity contribution >= 4 is 15.9 Å². The van der Waals surface area contributed by atoms with Crippen LogP contribution in [0.5, 0.6) is 0 Å². The molecule has 1 aliphatic heterocycles. The summed E-state index contributed by atoms with van der Waals surface area (Å²) in [6.45, 7) is 11.0. The lowest BCUT2D eigenvalue weighted by Gasteiger charge is -2.35. The number of hydrogen-bond donors (Lipinski definition) is 1. The molecule has 0 unspecified atom stereocenters. The van der Waals surface area contributed by atoms with Crippen molar-refractivity contribution in [2.24, 2.45) is 11.8 Å². The van der Waals surface area contributed by atoms with E-state index in [0.717, 1.165) is 19.5 Å². The highest BCUT2D eigenvalue weighted by atomic mass is 32.2. The van der Waals surface area contributed by atoms with E-state index in [4.69, 9.17) is 0 Å². The zero-order chi connectivity index (χ0) is 15.6. The number of sulfone groups is 1. The van der Waals surface area contributed by atoms with Crippen LogP contribution in [0, 0.1) is 11.8 Å². The molecule has 0 spiro atoms. The topological polar surface area (TPSA) is 66.5 Å². The zero-order valence-electron chi connectivity index (χ0n) is 13.3. The molecule has 2 amide bonds. The Labute approximate surface area is 123 Å². The maximum atomic E-state index is 12.0. The van der Waals surface area contributed by atoms with E-state index in [-0.39, 0.29) is 18.3 Å². The first kappa shape index (κ1) is 17.3. The molecule has 0 aromatic rings. The van der Waals surface area contributed by atoms with Gasteiger partial charge in [-0.1, -0.05) is 13.8 Å². The van der Waals surface area contributed by atoms with Crippen LogP contribution in [0.4, 0.5) is 4.79 Å². The molecule has 20 heavy (non-hydrogen) atoms. The molecular weight excluding hydrogens is 276 g/mol. The van der Waals surface area contributed by atoms with Crippen molar-refractivity contribution in [3.8, 4) is 0 Å². The van der Waals surface area contributed by atoms with Crippen molar-refractivity contribution in [1.82, 2.24) is 10.2 Å². The van der Waals surface area contributed by atoms with Gasteiger partial charge in [0.15, 0.2) is 9.84 Å². The number of carbonyl (C=O) groups is 1. The molecule has 1 fully saturated rings. The minimum atomic E-state index is -3.18. The maximum absolute atomic E-state index is 12.0. The lowest BCUT2D eigenvalue weighted by atomic mass is 9.92. The Hall–Kier alpha value is -0.780. The number of likely N-dealkylation sites (tertiary alicyclic amines) is 1. The lowest BCUT2D eigenvalue weighted by molar-refractivity contribution is 0.146. The minimum Gasteiger partial charge on any atom is -0.337 e. The van der Waals surface area contributed by atoms with Gasteiger partial charge in [-0.05, 0) is 39.0 Å². The molecule has 1 N–H and O–H groups in total. The average Bonchev–Trinajstić information content (AvgIpc) is 2.25. The summed E-state index contributed by atoms with van der Waals surface area (Å²) in [4.78, 5) is 13.8. The number of piperidine rings is 1. The molecule has 0 radical (unpaired) electrons. The van der Waals surface area contributed by atoms with Gasteiger partial charge in [-0.3, -0.25) is 0 Å². The highest BCUT2D eigenvalue weighted by Crippen LogP contribution is 2.20. The largest absolute Gasteiger partial charge is 0.337 e. The van der Waals surface area contributed by atoms with Crippen molar-refractivity contribution < 1.29 is 13.2 Å². The quantitative estimate of drug-likeness (QED) is 0.866. The van der Waals surface area contributed by atoms with Crippen LogP contribution in [0.1, 0.15) is 41.0 Å². The fourth-order valence-corrected chi connectivity index (χ4v) is 3.52. The molecule has 1 rings (SSSR count). The van der Waals surface area contributed by atoms with Crippen LogP contribution in [-0.2, 0) is 9.84 Å². The van der Waals surface area contributed by atoms with Crippen LogP contribution in [-0.4, -0.2) is 49.5 Å². The fraction of sp³-hybridized carbons (Fsp3) is 0.929. The van der Waals surface area contributed by atoms with E-state index in [1.807, 2.05) is 0 Å². The number of nitrogens with zero attached hydrogens (tertiary/aromatic N) is 1. The number of hydrogen-bond acceptors (Lipinski definition) is 3. The van der Waals surface area contributed by atoms with Crippen molar-refractivity contribution in [2.45, 2.75) is 45.8 Å². The molecule has 1 aliphatic rings. The molecule has 2 atom stereocenters. The van der Waals surface area contributed by atoms with Gasteiger partial charge >= 0.3 is 6.03 Å². The zero-order valence-corrected chi connectivity index (χ0v) is 14.1. The summed E-state index contributed by atoms with van der Waals surface area (Å²) in [5.74, 6) is 0.992. The van der Waals surface area contributed by atoms with E-state index in [9.17, 15) is 13.2 Å². The molecule has 0 saturated carbocycles. The predicted molar refractivity (Wildman–Crippen MR) is 81.5 cm³/mol. The number of nitrogens with one attached hydrogen (secondary N) is 1. The first-order valence-corrected chi connectivity index (χ1v) is 8.93. The van der Waals surface area contributed by atoms with Crippen LogP contribution in [0.2, 0.25) is 0 Å². The van der Waals surface area contributed by atoms with Gasteiger partial charge in [0.05, 0.1) is 10.5 Å². The van der Waals surface area contributed by atoms with E-state index >= 15 is 0 Å². The van der Waals surface area contributed by atoms with Gasteiger partial charge in [-0.15, -0.1) is 0 Å². The average molecular weight is 304 g/mol. The van der Waals surface area contributed by atoms with Gasteiger partial charge in [0, 0.05) is 19.6 Å². The second kappa shape index (κ2) is 6.33. The standard InChI is InChI=1S/C14H28N2O3S/c1-11-8-12(2)10-16(9-11)13(17)15-6-7-20(18,19)14(3,4)5/h11-12H,6-10H2,1-5H3,(H,15,17)/t11-,12-/m1/s1. The van der Waals surface area contributed by atoms with Crippen LogP contribution in [0.15, 0.2) is 0 Å². The third kappa shape index (κ3) is 4.65. The second-order valence-electron chi connectivity index (χ2n) is 7.01. The normalized spacial score (nSPS) is 24.6. The fourth-order valence-electron chi connectivity index (χ4n) is 2.54. The molecule has 0 bridgehead atoms. The Bertz CT molecular complexity index is 430. The third-order valence-electron chi connectivity index (χ3n) is 3.74. The number of amides is 2. The van der Waals surface area contributed by atoms with E-state index in [2.05, 4.69) is 19.2 Å². The second-order valence-corrected chi connectivity index (χ2v) is 9.88. The molecule has 1 saturated heterocycles. The molecule has 0 aromatic heterocycles. The summed E-state index contributed by atoms with van der Waals surface area (Å²) in [6, 6.07) is -0.146. The Morgan fingerprint density at radius 2 is 1.70 bits per heavy atom. The van der Waals surface area contributed by atoms with Gasteiger partial charge < -0.3 is 10.2 Å². The smallest absolute Gasteiger partial charge is 0.317 e. The molecular formula is C14H28N2O3S. The molecule has 6 heteroatoms. The molecule has 5 nitrogen and oxygen atoms in total. The minimum absolute atomic E-state index is 0.0127. The van der Waals surface area contributed by atoms with Crippen LogP contribution < -0.4 is 5.32 Å². The summed E-state index contributed by atoms with van der Waals surface area (Å²) >= 11 is 0. The number of urea groups is 1. The van der Waals surface area contributed by atoms with Crippen molar-refractivity contribution in [2.75, 3.05) is 25.4 Å². The molecule has 118 valence electrons.